The number of methoxy groups -OCH3 is 1. The highest BCUT2D eigenvalue weighted by atomic mass is 35.5. The zero-order valence-electron chi connectivity index (χ0n) is 15.9. The highest BCUT2D eigenvalue weighted by molar-refractivity contribution is 6.30. The Bertz CT molecular complexity index is 954. The standard InChI is InChI=1S/C21H21ClN4O2/c1-14-10-15(2)25-21(24-14)26-23-12-17-6-9-19(20(11-17)27-3)28-13-16-4-7-18(22)8-5-16/h4-12H,13H2,1-3H3,(H,24,25,26)/b23-12+. The van der Waals surface area contributed by atoms with Gasteiger partial charge in [-0.15, -0.1) is 0 Å². The number of aryl methyl sites for hydroxylation is 2. The van der Waals surface area contributed by atoms with Crippen LogP contribution in [0.1, 0.15) is 22.5 Å². The van der Waals surface area contributed by atoms with E-state index in [1.165, 1.54) is 0 Å². The average Bonchev–Trinajstić information content (AvgIpc) is 2.67. The van der Waals surface area contributed by atoms with Crippen LogP contribution in [0.25, 0.3) is 0 Å². The van der Waals surface area contributed by atoms with E-state index in [1.54, 1.807) is 13.3 Å². The summed E-state index contributed by atoms with van der Waals surface area (Å²) in [4.78, 5) is 8.57. The van der Waals surface area contributed by atoms with Crippen LogP contribution >= 0.6 is 11.6 Å². The summed E-state index contributed by atoms with van der Waals surface area (Å²) in [5, 5.41) is 4.89. The van der Waals surface area contributed by atoms with E-state index in [0.717, 1.165) is 22.5 Å². The van der Waals surface area contributed by atoms with Gasteiger partial charge in [0.1, 0.15) is 6.61 Å². The number of ether oxygens (including phenoxy) is 2. The SMILES string of the molecule is COc1cc(/C=N/Nc2nc(C)cc(C)n2)ccc1OCc1ccc(Cl)cc1. The van der Waals surface area contributed by atoms with Gasteiger partial charge < -0.3 is 9.47 Å². The van der Waals surface area contributed by atoms with Crippen LogP contribution in [-0.4, -0.2) is 23.3 Å². The maximum atomic E-state index is 5.90. The molecule has 0 aliphatic rings. The Labute approximate surface area is 169 Å². The van der Waals surface area contributed by atoms with E-state index in [9.17, 15) is 0 Å². The number of rotatable bonds is 7. The minimum atomic E-state index is 0.423. The summed E-state index contributed by atoms with van der Waals surface area (Å²) < 4.78 is 11.3. The maximum Gasteiger partial charge on any atom is 0.243 e. The molecule has 2 aromatic carbocycles. The molecule has 0 spiro atoms. The zero-order valence-corrected chi connectivity index (χ0v) is 16.7. The van der Waals surface area contributed by atoms with Crippen LogP contribution in [0, 0.1) is 13.8 Å². The van der Waals surface area contributed by atoms with Gasteiger partial charge in [0.05, 0.1) is 13.3 Å². The Morgan fingerprint density at radius 3 is 2.39 bits per heavy atom. The Hall–Kier alpha value is -3.12. The van der Waals surface area contributed by atoms with Gasteiger partial charge in [-0.3, -0.25) is 0 Å². The third-order valence-electron chi connectivity index (χ3n) is 3.86. The predicted molar refractivity (Wildman–Crippen MR) is 112 cm³/mol. The van der Waals surface area contributed by atoms with Crippen molar-refractivity contribution in [2.75, 3.05) is 12.5 Å². The molecule has 0 unspecified atom stereocenters. The molecule has 0 saturated carbocycles. The van der Waals surface area contributed by atoms with E-state index in [0.29, 0.717) is 29.1 Å². The lowest BCUT2D eigenvalue weighted by atomic mass is 10.2. The second kappa shape index (κ2) is 9.19. The summed E-state index contributed by atoms with van der Waals surface area (Å²) in [6, 6.07) is 15.0. The molecule has 0 aliphatic heterocycles. The molecule has 3 aromatic rings. The normalized spacial score (nSPS) is 10.9. The fraction of sp³-hybridized carbons (Fsp3) is 0.190. The van der Waals surface area contributed by atoms with Crippen LogP contribution in [-0.2, 0) is 6.61 Å². The molecule has 1 aromatic heterocycles. The molecule has 3 rings (SSSR count). The first-order valence-electron chi connectivity index (χ1n) is 8.70. The average molecular weight is 397 g/mol. The van der Waals surface area contributed by atoms with Crippen molar-refractivity contribution in [1.82, 2.24) is 9.97 Å². The first-order chi connectivity index (χ1) is 13.5. The molecule has 1 N–H and O–H groups in total. The smallest absolute Gasteiger partial charge is 0.243 e. The van der Waals surface area contributed by atoms with Gasteiger partial charge in [-0.25, -0.2) is 15.4 Å². The topological polar surface area (TPSA) is 68.6 Å². The van der Waals surface area contributed by atoms with Crippen LogP contribution < -0.4 is 14.9 Å². The molecule has 0 amide bonds. The van der Waals surface area contributed by atoms with E-state index < -0.39 is 0 Å². The van der Waals surface area contributed by atoms with Crippen LogP contribution in [0.5, 0.6) is 11.5 Å². The first kappa shape index (κ1) is 19.6. The van der Waals surface area contributed by atoms with Gasteiger partial charge in [-0.05, 0) is 61.4 Å². The minimum Gasteiger partial charge on any atom is -0.493 e. The molecule has 6 nitrogen and oxygen atoms in total. The molecule has 0 aliphatic carbocycles. The zero-order chi connectivity index (χ0) is 19.9. The van der Waals surface area contributed by atoms with Crippen molar-refractivity contribution < 1.29 is 9.47 Å². The number of nitrogens with zero attached hydrogens (tertiary/aromatic N) is 3. The van der Waals surface area contributed by atoms with Crippen molar-refractivity contribution in [1.29, 1.82) is 0 Å². The number of benzene rings is 2. The predicted octanol–water partition coefficient (Wildman–Crippen LogP) is 4.78. The lowest BCUT2D eigenvalue weighted by molar-refractivity contribution is 0.284. The van der Waals surface area contributed by atoms with E-state index in [4.69, 9.17) is 21.1 Å². The summed E-state index contributed by atoms with van der Waals surface area (Å²) in [7, 11) is 1.60. The van der Waals surface area contributed by atoms with Crippen molar-refractivity contribution in [3.8, 4) is 11.5 Å². The minimum absolute atomic E-state index is 0.423. The molecule has 0 atom stereocenters. The Morgan fingerprint density at radius 1 is 1.00 bits per heavy atom. The van der Waals surface area contributed by atoms with Crippen molar-refractivity contribution in [3.05, 3.63) is 76.1 Å². The van der Waals surface area contributed by atoms with Crippen LogP contribution in [0.3, 0.4) is 0 Å². The fourth-order valence-corrected chi connectivity index (χ4v) is 2.69. The second-order valence-corrected chi connectivity index (χ2v) is 6.61. The van der Waals surface area contributed by atoms with Gasteiger partial charge in [-0.1, -0.05) is 23.7 Å². The molecular formula is C21H21ClN4O2. The van der Waals surface area contributed by atoms with Crippen molar-refractivity contribution in [3.63, 3.8) is 0 Å². The monoisotopic (exact) mass is 396 g/mol. The van der Waals surface area contributed by atoms with Crippen molar-refractivity contribution in [2.45, 2.75) is 20.5 Å². The lowest BCUT2D eigenvalue weighted by Gasteiger charge is -2.11. The molecule has 28 heavy (non-hydrogen) atoms. The van der Waals surface area contributed by atoms with E-state index in [-0.39, 0.29) is 0 Å². The summed E-state index contributed by atoms with van der Waals surface area (Å²) in [5.41, 5.74) is 6.49. The Balaban J connectivity index is 1.65. The number of aromatic nitrogens is 2. The third-order valence-corrected chi connectivity index (χ3v) is 4.11. The fourth-order valence-electron chi connectivity index (χ4n) is 2.57. The summed E-state index contributed by atoms with van der Waals surface area (Å²) >= 11 is 5.90. The quantitative estimate of drug-likeness (QED) is 0.459. The number of hydrogen-bond donors (Lipinski definition) is 1. The summed E-state index contributed by atoms with van der Waals surface area (Å²) in [6.07, 6.45) is 1.67. The highest BCUT2D eigenvalue weighted by Gasteiger charge is 2.06. The van der Waals surface area contributed by atoms with Crippen LogP contribution in [0.4, 0.5) is 5.95 Å². The molecule has 0 fully saturated rings. The van der Waals surface area contributed by atoms with Gasteiger partial charge >= 0.3 is 0 Å². The second-order valence-electron chi connectivity index (χ2n) is 6.17. The summed E-state index contributed by atoms with van der Waals surface area (Å²) in [6.45, 7) is 4.25. The largest absolute Gasteiger partial charge is 0.493 e. The maximum absolute atomic E-state index is 5.90. The summed E-state index contributed by atoms with van der Waals surface area (Å²) in [5.74, 6) is 1.74. The Kier molecular flexibility index (Phi) is 6.45. The van der Waals surface area contributed by atoms with E-state index in [2.05, 4.69) is 20.5 Å². The Morgan fingerprint density at radius 2 is 1.71 bits per heavy atom. The van der Waals surface area contributed by atoms with Crippen LogP contribution in [0.2, 0.25) is 5.02 Å². The molecule has 7 heteroatoms. The number of anilines is 1. The third kappa shape index (κ3) is 5.44. The number of halogens is 1. The van der Waals surface area contributed by atoms with Gasteiger partial charge in [0, 0.05) is 16.4 Å². The molecule has 144 valence electrons. The van der Waals surface area contributed by atoms with E-state index >= 15 is 0 Å². The van der Waals surface area contributed by atoms with Gasteiger partial charge in [0.25, 0.3) is 0 Å². The molecule has 0 saturated heterocycles. The number of hydrogen-bond acceptors (Lipinski definition) is 6. The van der Waals surface area contributed by atoms with Crippen LogP contribution in [0.15, 0.2) is 53.6 Å². The molecule has 0 bridgehead atoms. The van der Waals surface area contributed by atoms with E-state index in [1.807, 2.05) is 62.4 Å². The molecule has 0 radical (unpaired) electrons. The highest BCUT2D eigenvalue weighted by Crippen LogP contribution is 2.28. The molecule has 1 heterocycles. The number of nitrogens with one attached hydrogen (secondary N) is 1. The molecular weight excluding hydrogens is 376 g/mol. The lowest BCUT2D eigenvalue weighted by Crippen LogP contribution is -2.00. The van der Waals surface area contributed by atoms with Gasteiger partial charge in [0.15, 0.2) is 11.5 Å². The number of hydrazone groups is 1. The van der Waals surface area contributed by atoms with Crippen molar-refractivity contribution >= 4 is 23.8 Å². The van der Waals surface area contributed by atoms with Crippen molar-refractivity contribution in [2.24, 2.45) is 5.10 Å². The van der Waals surface area contributed by atoms with Gasteiger partial charge in [-0.2, -0.15) is 5.10 Å². The first-order valence-corrected chi connectivity index (χ1v) is 9.08. The van der Waals surface area contributed by atoms with Gasteiger partial charge in [0.2, 0.25) is 5.95 Å².